The Morgan fingerprint density at radius 2 is 1.00 bits per heavy atom. The summed E-state index contributed by atoms with van der Waals surface area (Å²) in [7, 11) is 0. The SMILES string of the molecule is O[C@H]([C@H](O)[C@@H]1COC2(CCCCC2)O1)[C@H]1COC2(CCCCC2)O1. The predicted molar refractivity (Wildman–Crippen MR) is 85.3 cm³/mol. The molecule has 0 radical (unpaired) electrons. The van der Waals surface area contributed by atoms with E-state index >= 15 is 0 Å². The Kier molecular flexibility index (Phi) is 4.88. The van der Waals surface area contributed by atoms with E-state index in [0.29, 0.717) is 13.2 Å². The molecule has 2 heterocycles. The normalized spacial score (nSPS) is 37.8. The highest BCUT2D eigenvalue weighted by atomic mass is 16.8. The maximum Gasteiger partial charge on any atom is 0.169 e. The highest BCUT2D eigenvalue weighted by Crippen LogP contribution is 2.41. The summed E-state index contributed by atoms with van der Waals surface area (Å²) in [6.45, 7) is 0.661. The molecule has 0 aromatic carbocycles. The van der Waals surface area contributed by atoms with Gasteiger partial charge in [0.1, 0.15) is 24.4 Å². The van der Waals surface area contributed by atoms with Crippen molar-refractivity contribution in [3.8, 4) is 0 Å². The van der Waals surface area contributed by atoms with E-state index in [9.17, 15) is 10.2 Å². The average Bonchev–Trinajstić information content (AvgIpc) is 3.20. The Morgan fingerprint density at radius 1 is 0.625 bits per heavy atom. The van der Waals surface area contributed by atoms with Crippen molar-refractivity contribution >= 4 is 0 Å². The van der Waals surface area contributed by atoms with Crippen LogP contribution in [0.5, 0.6) is 0 Å². The first-order valence-corrected chi connectivity index (χ1v) is 9.61. The van der Waals surface area contributed by atoms with Crippen LogP contribution >= 0.6 is 0 Å². The second-order valence-corrected chi connectivity index (χ2v) is 7.86. The van der Waals surface area contributed by atoms with Gasteiger partial charge in [0.05, 0.1) is 13.2 Å². The monoisotopic (exact) mass is 342 g/mol. The Bertz CT molecular complexity index is 389. The first kappa shape index (κ1) is 17.2. The highest BCUT2D eigenvalue weighted by Gasteiger charge is 2.50. The van der Waals surface area contributed by atoms with E-state index in [0.717, 1.165) is 51.4 Å². The Hall–Kier alpha value is -0.240. The summed E-state index contributed by atoms with van der Waals surface area (Å²) < 4.78 is 23.8. The number of ether oxygens (including phenoxy) is 4. The van der Waals surface area contributed by atoms with Crippen LogP contribution in [-0.4, -0.2) is 59.4 Å². The molecular formula is C18H30O6. The van der Waals surface area contributed by atoms with Crippen LogP contribution in [0.3, 0.4) is 0 Å². The first-order chi connectivity index (χ1) is 11.6. The fourth-order valence-electron chi connectivity index (χ4n) is 4.64. The molecule has 0 aromatic rings. The molecule has 6 heteroatoms. The number of hydrogen-bond acceptors (Lipinski definition) is 6. The molecule has 2 spiro atoms. The molecule has 6 nitrogen and oxygen atoms in total. The van der Waals surface area contributed by atoms with Gasteiger partial charge < -0.3 is 29.2 Å². The van der Waals surface area contributed by atoms with E-state index in [4.69, 9.17) is 18.9 Å². The third-order valence-corrected chi connectivity index (χ3v) is 6.10. The topological polar surface area (TPSA) is 77.4 Å². The predicted octanol–water partition coefficient (Wildman–Crippen LogP) is 1.86. The maximum atomic E-state index is 10.6. The summed E-state index contributed by atoms with van der Waals surface area (Å²) in [4.78, 5) is 0. The average molecular weight is 342 g/mol. The van der Waals surface area contributed by atoms with Crippen molar-refractivity contribution in [2.75, 3.05) is 13.2 Å². The van der Waals surface area contributed by atoms with Crippen molar-refractivity contribution in [3.63, 3.8) is 0 Å². The highest BCUT2D eigenvalue weighted by molar-refractivity contribution is 4.93. The van der Waals surface area contributed by atoms with Gasteiger partial charge in [-0.05, 0) is 25.7 Å². The van der Waals surface area contributed by atoms with E-state index in [-0.39, 0.29) is 0 Å². The van der Waals surface area contributed by atoms with Gasteiger partial charge in [0.15, 0.2) is 11.6 Å². The fraction of sp³-hybridized carbons (Fsp3) is 1.00. The van der Waals surface area contributed by atoms with Crippen LogP contribution in [0, 0.1) is 0 Å². The van der Waals surface area contributed by atoms with Crippen molar-refractivity contribution < 1.29 is 29.2 Å². The van der Waals surface area contributed by atoms with Gasteiger partial charge in [0.2, 0.25) is 0 Å². The van der Waals surface area contributed by atoms with E-state index in [1.807, 2.05) is 0 Å². The molecule has 4 aliphatic rings. The third kappa shape index (κ3) is 3.24. The molecule has 138 valence electrons. The van der Waals surface area contributed by atoms with Crippen LogP contribution in [0.15, 0.2) is 0 Å². The van der Waals surface area contributed by atoms with E-state index in [1.165, 1.54) is 12.8 Å². The molecule has 2 saturated carbocycles. The zero-order chi connectivity index (χ0) is 16.6. The zero-order valence-corrected chi connectivity index (χ0v) is 14.3. The lowest BCUT2D eigenvalue weighted by atomic mass is 9.94. The van der Waals surface area contributed by atoms with Gasteiger partial charge in [0.25, 0.3) is 0 Å². The molecule has 4 atom stereocenters. The minimum atomic E-state index is -1.02. The van der Waals surface area contributed by atoms with Crippen LogP contribution in [0.1, 0.15) is 64.2 Å². The van der Waals surface area contributed by atoms with Gasteiger partial charge >= 0.3 is 0 Å². The lowest BCUT2D eigenvalue weighted by molar-refractivity contribution is -0.217. The van der Waals surface area contributed by atoms with Gasteiger partial charge in [-0.1, -0.05) is 12.8 Å². The quantitative estimate of drug-likeness (QED) is 0.815. The van der Waals surface area contributed by atoms with Crippen molar-refractivity contribution in [3.05, 3.63) is 0 Å². The molecule has 24 heavy (non-hydrogen) atoms. The van der Waals surface area contributed by atoms with Crippen LogP contribution < -0.4 is 0 Å². The number of hydrogen-bond donors (Lipinski definition) is 2. The minimum Gasteiger partial charge on any atom is -0.387 e. The number of rotatable bonds is 3. The number of aliphatic hydroxyl groups is 2. The second kappa shape index (κ2) is 6.82. The van der Waals surface area contributed by atoms with Gasteiger partial charge in [-0.25, -0.2) is 0 Å². The van der Waals surface area contributed by atoms with Crippen LogP contribution in [-0.2, 0) is 18.9 Å². The Morgan fingerprint density at radius 3 is 1.38 bits per heavy atom. The molecule has 2 N–H and O–H groups in total. The standard InChI is InChI=1S/C18H30O6/c19-15(13-11-21-17(23-13)7-3-1-4-8-17)16(20)14-12-22-18(24-14)9-5-2-6-10-18/h13-16,19-20H,1-12H2/t13-,14+,15+,16-. The lowest BCUT2D eigenvalue weighted by Crippen LogP contribution is -2.48. The summed E-state index contributed by atoms with van der Waals surface area (Å²) in [5, 5.41) is 21.2. The molecule has 0 bridgehead atoms. The summed E-state index contributed by atoms with van der Waals surface area (Å²) in [6, 6.07) is 0. The molecular weight excluding hydrogens is 312 g/mol. The zero-order valence-electron chi connectivity index (χ0n) is 14.3. The Labute approximate surface area is 143 Å². The summed E-state index contributed by atoms with van der Waals surface area (Å²) in [6.07, 6.45) is 7.25. The lowest BCUT2D eigenvalue weighted by Gasteiger charge is -2.34. The Balaban J connectivity index is 1.34. The third-order valence-electron chi connectivity index (χ3n) is 6.10. The molecule has 2 saturated heterocycles. The minimum absolute atomic E-state index is 0.330. The van der Waals surface area contributed by atoms with E-state index in [1.54, 1.807) is 0 Å². The van der Waals surface area contributed by atoms with Crippen LogP contribution in [0.4, 0.5) is 0 Å². The molecule has 0 amide bonds. The maximum absolute atomic E-state index is 10.6. The largest absolute Gasteiger partial charge is 0.387 e. The van der Waals surface area contributed by atoms with Crippen LogP contribution in [0.25, 0.3) is 0 Å². The first-order valence-electron chi connectivity index (χ1n) is 9.61. The van der Waals surface area contributed by atoms with Crippen molar-refractivity contribution in [2.45, 2.75) is 100 Å². The van der Waals surface area contributed by atoms with Crippen molar-refractivity contribution in [2.24, 2.45) is 0 Å². The van der Waals surface area contributed by atoms with Gasteiger partial charge in [-0.15, -0.1) is 0 Å². The second-order valence-electron chi connectivity index (χ2n) is 7.86. The summed E-state index contributed by atoms with van der Waals surface area (Å²) in [5.74, 6) is -1.08. The molecule has 4 rings (SSSR count). The molecule has 2 aliphatic carbocycles. The van der Waals surface area contributed by atoms with E-state index in [2.05, 4.69) is 0 Å². The van der Waals surface area contributed by atoms with E-state index < -0.39 is 36.0 Å². The smallest absolute Gasteiger partial charge is 0.169 e. The van der Waals surface area contributed by atoms with Gasteiger partial charge in [-0.3, -0.25) is 0 Å². The van der Waals surface area contributed by atoms with Gasteiger partial charge in [0, 0.05) is 25.7 Å². The molecule has 4 fully saturated rings. The molecule has 0 aromatic heterocycles. The summed E-state index contributed by atoms with van der Waals surface area (Å²) >= 11 is 0. The number of aliphatic hydroxyl groups excluding tert-OH is 2. The molecule has 2 aliphatic heterocycles. The van der Waals surface area contributed by atoms with Crippen LogP contribution in [0.2, 0.25) is 0 Å². The summed E-state index contributed by atoms with van der Waals surface area (Å²) in [5.41, 5.74) is 0. The fourth-order valence-corrected chi connectivity index (χ4v) is 4.64. The van der Waals surface area contributed by atoms with Gasteiger partial charge in [-0.2, -0.15) is 0 Å². The van der Waals surface area contributed by atoms with Crippen molar-refractivity contribution in [1.29, 1.82) is 0 Å². The molecule has 0 unspecified atom stereocenters. The van der Waals surface area contributed by atoms with Crippen molar-refractivity contribution in [1.82, 2.24) is 0 Å².